The van der Waals surface area contributed by atoms with Crippen molar-refractivity contribution in [3.63, 3.8) is 0 Å². The second-order valence-electron chi connectivity index (χ2n) is 8.52. The number of aromatic nitrogens is 2. The van der Waals surface area contributed by atoms with Crippen molar-refractivity contribution in [2.75, 3.05) is 0 Å². The second-order valence-corrected chi connectivity index (χ2v) is 8.52. The molecule has 0 unspecified atom stereocenters. The first kappa shape index (κ1) is 20.9. The molecule has 35 heavy (non-hydrogen) atoms. The SMILES string of the molecule is c1ccc(-c2coc(-c3ccn(C(c4ccccc4)(c4ccccc4)c4ccccc4)c3)n2)cc1. The molecular weight excluding hydrogens is 428 g/mol. The van der Waals surface area contributed by atoms with Gasteiger partial charge in [-0.2, -0.15) is 0 Å². The van der Waals surface area contributed by atoms with Gasteiger partial charge in [-0.05, 0) is 22.8 Å². The lowest BCUT2D eigenvalue weighted by molar-refractivity contribution is 0.517. The summed E-state index contributed by atoms with van der Waals surface area (Å²) in [7, 11) is 0. The summed E-state index contributed by atoms with van der Waals surface area (Å²) in [4.78, 5) is 4.78. The maximum Gasteiger partial charge on any atom is 0.228 e. The van der Waals surface area contributed by atoms with Gasteiger partial charge in [-0.25, -0.2) is 4.98 Å². The van der Waals surface area contributed by atoms with Gasteiger partial charge in [0.1, 0.15) is 17.5 Å². The van der Waals surface area contributed by atoms with E-state index in [0.717, 1.165) is 16.8 Å². The van der Waals surface area contributed by atoms with Crippen LogP contribution in [0, 0.1) is 0 Å². The Morgan fingerprint density at radius 1 is 0.543 bits per heavy atom. The molecule has 0 atom stereocenters. The molecule has 4 aromatic carbocycles. The molecule has 0 N–H and O–H groups in total. The fourth-order valence-corrected chi connectivity index (χ4v) is 4.86. The van der Waals surface area contributed by atoms with Gasteiger partial charge in [0, 0.05) is 18.0 Å². The molecular formula is C32H24N2O. The molecule has 3 heteroatoms. The van der Waals surface area contributed by atoms with Crippen molar-refractivity contribution in [3.8, 4) is 22.7 Å². The van der Waals surface area contributed by atoms with E-state index in [1.807, 2.05) is 30.3 Å². The van der Waals surface area contributed by atoms with Crippen molar-refractivity contribution in [3.05, 3.63) is 163 Å². The Balaban J connectivity index is 1.54. The van der Waals surface area contributed by atoms with Crippen LogP contribution in [-0.4, -0.2) is 9.55 Å². The number of oxazole rings is 1. The van der Waals surface area contributed by atoms with Crippen LogP contribution in [0.5, 0.6) is 0 Å². The Morgan fingerprint density at radius 3 is 1.54 bits per heavy atom. The Kier molecular flexibility index (Phi) is 5.36. The van der Waals surface area contributed by atoms with E-state index in [0.29, 0.717) is 5.89 Å². The number of nitrogens with zero attached hydrogens (tertiary/aromatic N) is 2. The highest BCUT2D eigenvalue weighted by Gasteiger charge is 2.38. The van der Waals surface area contributed by atoms with Gasteiger partial charge in [-0.1, -0.05) is 121 Å². The average Bonchev–Trinajstić information content (AvgIpc) is 3.63. The third-order valence-electron chi connectivity index (χ3n) is 6.48. The number of hydrogen-bond donors (Lipinski definition) is 0. The van der Waals surface area contributed by atoms with Gasteiger partial charge in [0.15, 0.2) is 0 Å². The predicted molar refractivity (Wildman–Crippen MR) is 140 cm³/mol. The average molecular weight is 453 g/mol. The molecule has 168 valence electrons. The van der Waals surface area contributed by atoms with Crippen molar-refractivity contribution in [1.82, 2.24) is 9.55 Å². The van der Waals surface area contributed by atoms with Gasteiger partial charge in [0.2, 0.25) is 5.89 Å². The minimum absolute atomic E-state index is 0.559. The van der Waals surface area contributed by atoms with Crippen LogP contribution < -0.4 is 0 Å². The van der Waals surface area contributed by atoms with Crippen LogP contribution in [0.1, 0.15) is 16.7 Å². The summed E-state index contributed by atoms with van der Waals surface area (Å²) in [6, 6.07) is 44.1. The highest BCUT2D eigenvalue weighted by atomic mass is 16.3. The predicted octanol–water partition coefficient (Wildman–Crippen LogP) is 7.65. The van der Waals surface area contributed by atoms with Crippen LogP contribution in [0.25, 0.3) is 22.7 Å². The Morgan fingerprint density at radius 2 is 1.03 bits per heavy atom. The lowest BCUT2D eigenvalue weighted by Gasteiger charge is -2.37. The van der Waals surface area contributed by atoms with E-state index in [9.17, 15) is 0 Å². The van der Waals surface area contributed by atoms with Crippen molar-refractivity contribution >= 4 is 0 Å². The topological polar surface area (TPSA) is 31.0 Å². The van der Waals surface area contributed by atoms with Crippen molar-refractivity contribution in [1.29, 1.82) is 0 Å². The van der Waals surface area contributed by atoms with E-state index in [4.69, 9.17) is 9.40 Å². The van der Waals surface area contributed by atoms with Crippen LogP contribution in [0.3, 0.4) is 0 Å². The molecule has 0 fully saturated rings. The first-order valence-electron chi connectivity index (χ1n) is 11.7. The van der Waals surface area contributed by atoms with Crippen LogP contribution in [0.2, 0.25) is 0 Å². The van der Waals surface area contributed by atoms with E-state index in [1.165, 1.54) is 16.7 Å². The zero-order valence-electron chi connectivity index (χ0n) is 19.2. The van der Waals surface area contributed by atoms with Crippen LogP contribution in [0.4, 0.5) is 0 Å². The summed E-state index contributed by atoms with van der Waals surface area (Å²) in [5, 5.41) is 0. The first-order chi connectivity index (χ1) is 17.4. The van der Waals surface area contributed by atoms with Crippen LogP contribution in [-0.2, 0) is 5.54 Å². The quantitative estimate of drug-likeness (QED) is 0.243. The summed E-state index contributed by atoms with van der Waals surface area (Å²) in [6.45, 7) is 0. The number of benzene rings is 4. The van der Waals surface area contributed by atoms with Gasteiger partial charge < -0.3 is 8.98 Å². The maximum atomic E-state index is 5.92. The summed E-state index contributed by atoms with van der Waals surface area (Å²) < 4.78 is 8.20. The van der Waals surface area contributed by atoms with Gasteiger partial charge in [-0.3, -0.25) is 0 Å². The maximum absolute atomic E-state index is 5.92. The molecule has 0 spiro atoms. The third-order valence-corrected chi connectivity index (χ3v) is 6.48. The summed E-state index contributed by atoms with van der Waals surface area (Å²) in [6.07, 6.45) is 5.98. The molecule has 6 rings (SSSR count). The number of rotatable bonds is 6. The zero-order chi connectivity index (χ0) is 23.5. The fraction of sp³-hybridized carbons (Fsp3) is 0.0312. The monoisotopic (exact) mass is 452 g/mol. The van der Waals surface area contributed by atoms with Crippen LogP contribution >= 0.6 is 0 Å². The molecule has 0 aliphatic rings. The van der Waals surface area contributed by atoms with E-state index in [2.05, 4.69) is 114 Å². The van der Waals surface area contributed by atoms with Gasteiger partial charge >= 0.3 is 0 Å². The van der Waals surface area contributed by atoms with Gasteiger partial charge in [0.05, 0.1) is 5.56 Å². The normalized spacial score (nSPS) is 11.4. The smallest absolute Gasteiger partial charge is 0.228 e. The third kappa shape index (κ3) is 3.68. The van der Waals surface area contributed by atoms with Crippen LogP contribution in [0.15, 0.2) is 150 Å². The molecule has 0 amide bonds. The summed E-state index contributed by atoms with van der Waals surface area (Å²) in [5.41, 5.74) is 5.77. The second kappa shape index (κ2) is 8.96. The zero-order valence-corrected chi connectivity index (χ0v) is 19.2. The van der Waals surface area contributed by atoms with E-state index < -0.39 is 5.54 Å². The van der Waals surface area contributed by atoms with Crippen molar-refractivity contribution < 1.29 is 4.42 Å². The van der Waals surface area contributed by atoms with Gasteiger partial charge in [-0.15, -0.1) is 0 Å². The molecule has 0 aliphatic heterocycles. The van der Waals surface area contributed by atoms with E-state index >= 15 is 0 Å². The van der Waals surface area contributed by atoms with E-state index in [-0.39, 0.29) is 0 Å². The van der Waals surface area contributed by atoms with Crippen molar-refractivity contribution in [2.45, 2.75) is 5.54 Å². The lowest BCUT2D eigenvalue weighted by atomic mass is 9.77. The summed E-state index contributed by atoms with van der Waals surface area (Å²) >= 11 is 0. The molecule has 3 nitrogen and oxygen atoms in total. The largest absolute Gasteiger partial charge is 0.444 e. The Bertz CT molecular complexity index is 1420. The molecule has 2 aromatic heterocycles. The molecule has 0 aliphatic carbocycles. The molecule has 2 heterocycles. The fourth-order valence-electron chi connectivity index (χ4n) is 4.86. The van der Waals surface area contributed by atoms with Crippen molar-refractivity contribution in [2.24, 2.45) is 0 Å². The first-order valence-corrected chi connectivity index (χ1v) is 11.7. The molecule has 0 saturated heterocycles. The summed E-state index contributed by atoms with van der Waals surface area (Å²) in [5.74, 6) is 0.602. The lowest BCUT2D eigenvalue weighted by Crippen LogP contribution is -2.36. The van der Waals surface area contributed by atoms with E-state index in [1.54, 1.807) is 6.26 Å². The Labute approximate surface area is 205 Å². The van der Waals surface area contributed by atoms with Gasteiger partial charge in [0.25, 0.3) is 0 Å². The standard InChI is InChI=1S/C32H24N2O/c1-5-13-25(14-6-1)30-24-35-31(33-30)26-21-22-34(23-26)32(27-15-7-2-8-16-27,28-17-9-3-10-18-28)29-19-11-4-12-20-29/h1-24H. The Hall–Kier alpha value is -4.63. The molecule has 0 bridgehead atoms. The minimum Gasteiger partial charge on any atom is -0.444 e. The molecule has 6 aromatic rings. The highest BCUT2D eigenvalue weighted by Crippen LogP contribution is 2.41. The number of hydrogen-bond acceptors (Lipinski definition) is 2. The molecule has 0 saturated carbocycles. The minimum atomic E-state index is -0.559. The highest BCUT2D eigenvalue weighted by molar-refractivity contribution is 5.63. The molecule has 0 radical (unpaired) electrons.